The van der Waals surface area contributed by atoms with E-state index in [1.807, 2.05) is 36.4 Å². The Labute approximate surface area is 221 Å². The normalized spacial score (nSPS) is 11.2. The summed E-state index contributed by atoms with van der Waals surface area (Å²) in [4.78, 5) is 14.0. The van der Waals surface area contributed by atoms with E-state index in [4.69, 9.17) is 4.98 Å². The second kappa shape index (κ2) is 9.38. The Morgan fingerprint density at radius 2 is 0.868 bits per heavy atom. The van der Waals surface area contributed by atoms with Crippen LogP contribution in [0.15, 0.2) is 140 Å². The number of hydrogen-bond acceptors (Lipinski definition) is 3. The summed E-state index contributed by atoms with van der Waals surface area (Å²) in [5.41, 5.74) is 8.00. The van der Waals surface area contributed by atoms with E-state index in [9.17, 15) is 0 Å². The molecular formula is C35H23N3. The predicted octanol–water partition coefficient (Wildman–Crippen LogP) is 8.85. The highest BCUT2D eigenvalue weighted by molar-refractivity contribution is 6.12. The summed E-state index contributed by atoms with van der Waals surface area (Å²) in [7, 11) is 0. The maximum absolute atomic E-state index is 4.91. The first-order valence-corrected chi connectivity index (χ1v) is 12.7. The first kappa shape index (κ1) is 22.1. The lowest BCUT2D eigenvalue weighted by Gasteiger charge is -2.13. The van der Waals surface area contributed by atoms with Gasteiger partial charge < -0.3 is 0 Å². The fourth-order valence-corrected chi connectivity index (χ4v) is 5.14. The minimum Gasteiger partial charge on any atom is -0.255 e. The molecule has 0 radical (unpaired) electrons. The zero-order valence-corrected chi connectivity index (χ0v) is 20.6. The molecule has 0 saturated carbocycles. The molecule has 3 aromatic heterocycles. The van der Waals surface area contributed by atoms with Crippen LogP contribution >= 0.6 is 0 Å². The van der Waals surface area contributed by atoms with Crippen LogP contribution in [0.5, 0.6) is 0 Å². The van der Waals surface area contributed by atoms with Gasteiger partial charge in [0.25, 0.3) is 0 Å². The van der Waals surface area contributed by atoms with Gasteiger partial charge in [0.05, 0.1) is 22.8 Å². The third kappa shape index (κ3) is 4.00. The van der Waals surface area contributed by atoms with Crippen molar-refractivity contribution in [1.82, 2.24) is 15.0 Å². The number of fused-ring (bicyclic) bond motifs is 2. The van der Waals surface area contributed by atoms with Crippen molar-refractivity contribution >= 4 is 21.5 Å². The Kier molecular flexibility index (Phi) is 5.45. The molecule has 0 atom stereocenters. The van der Waals surface area contributed by atoms with Gasteiger partial charge in [-0.1, -0.05) is 84.9 Å². The summed E-state index contributed by atoms with van der Waals surface area (Å²) in [5.74, 6) is 0. The van der Waals surface area contributed by atoms with Gasteiger partial charge in [-0.05, 0) is 86.3 Å². The lowest BCUT2D eigenvalue weighted by molar-refractivity contribution is 1.22. The lowest BCUT2D eigenvalue weighted by atomic mass is 9.91. The highest BCUT2D eigenvalue weighted by Crippen LogP contribution is 2.37. The molecular weight excluding hydrogens is 462 g/mol. The minimum absolute atomic E-state index is 0.827. The zero-order chi connectivity index (χ0) is 25.3. The van der Waals surface area contributed by atoms with Crippen LogP contribution in [0.4, 0.5) is 0 Å². The van der Waals surface area contributed by atoms with E-state index >= 15 is 0 Å². The van der Waals surface area contributed by atoms with Crippen molar-refractivity contribution in [3.8, 4) is 45.0 Å². The van der Waals surface area contributed by atoms with Crippen LogP contribution in [0.3, 0.4) is 0 Å². The standard InChI is InChI=1S/C35H23N3/c1-3-11-29-26(9-1)21-27-10-2-4-12-30(27)35(29)25-17-15-24(16-18-25)28-22-33(31-13-5-7-19-36-31)38-34(23-28)32-14-6-8-20-37-32/h1-23H. The van der Waals surface area contributed by atoms with Gasteiger partial charge in [-0.15, -0.1) is 0 Å². The third-order valence-electron chi connectivity index (χ3n) is 6.96. The molecule has 7 rings (SSSR count). The van der Waals surface area contributed by atoms with Crippen LogP contribution < -0.4 is 0 Å². The summed E-state index contributed by atoms with van der Waals surface area (Å²) >= 11 is 0. The van der Waals surface area contributed by atoms with Crippen LogP contribution in [-0.2, 0) is 0 Å². The largest absolute Gasteiger partial charge is 0.255 e. The molecule has 0 spiro atoms. The van der Waals surface area contributed by atoms with Crippen LogP contribution in [0.1, 0.15) is 0 Å². The van der Waals surface area contributed by atoms with Crippen molar-refractivity contribution in [2.24, 2.45) is 0 Å². The van der Waals surface area contributed by atoms with Crippen LogP contribution in [0.2, 0.25) is 0 Å². The maximum Gasteiger partial charge on any atom is 0.0900 e. The highest BCUT2D eigenvalue weighted by Gasteiger charge is 2.13. The Balaban J connectivity index is 1.38. The van der Waals surface area contributed by atoms with Gasteiger partial charge in [-0.3, -0.25) is 9.97 Å². The molecule has 0 saturated heterocycles. The third-order valence-corrected chi connectivity index (χ3v) is 6.96. The topological polar surface area (TPSA) is 38.7 Å². The molecule has 3 heterocycles. The van der Waals surface area contributed by atoms with E-state index in [1.165, 1.54) is 32.7 Å². The minimum atomic E-state index is 0.827. The number of pyridine rings is 3. The fourth-order valence-electron chi connectivity index (χ4n) is 5.14. The Hall–Kier alpha value is -5.15. The Morgan fingerprint density at radius 3 is 1.39 bits per heavy atom. The second-order valence-corrected chi connectivity index (χ2v) is 9.33. The van der Waals surface area contributed by atoms with E-state index in [-0.39, 0.29) is 0 Å². The molecule has 3 nitrogen and oxygen atoms in total. The smallest absolute Gasteiger partial charge is 0.0900 e. The summed E-state index contributed by atoms with van der Waals surface area (Å²) in [5, 5.41) is 5.02. The molecule has 0 bridgehead atoms. The van der Waals surface area contributed by atoms with Crippen molar-refractivity contribution in [2.45, 2.75) is 0 Å². The molecule has 4 aromatic carbocycles. The highest BCUT2D eigenvalue weighted by atomic mass is 14.8. The average molecular weight is 486 g/mol. The zero-order valence-electron chi connectivity index (χ0n) is 20.6. The van der Waals surface area contributed by atoms with Crippen LogP contribution in [-0.4, -0.2) is 15.0 Å². The van der Waals surface area contributed by atoms with E-state index in [0.29, 0.717) is 0 Å². The van der Waals surface area contributed by atoms with Gasteiger partial charge in [0.15, 0.2) is 0 Å². The summed E-state index contributed by atoms with van der Waals surface area (Å²) in [6.45, 7) is 0. The number of rotatable bonds is 4. The predicted molar refractivity (Wildman–Crippen MR) is 157 cm³/mol. The van der Waals surface area contributed by atoms with Crippen LogP contribution in [0, 0.1) is 0 Å². The summed E-state index contributed by atoms with van der Waals surface area (Å²) in [6.07, 6.45) is 3.60. The van der Waals surface area contributed by atoms with Crippen molar-refractivity contribution in [1.29, 1.82) is 0 Å². The molecule has 0 amide bonds. The van der Waals surface area contributed by atoms with E-state index in [1.54, 1.807) is 12.4 Å². The molecule has 0 unspecified atom stereocenters. The summed E-state index contributed by atoms with van der Waals surface area (Å²) in [6, 6.07) is 44.4. The van der Waals surface area contributed by atoms with Gasteiger partial charge in [-0.2, -0.15) is 0 Å². The fraction of sp³-hybridized carbons (Fsp3) is 0. The monoisotopic (exact) mass is 485 g/mol. The van der Waals surface area contributed by atoms with Crippen LogP contribution in [0.25, 0.3) is 66.6 Å². The van der Waals surface area contributed by atoms with Gasteiger partial charge in [-0.25, -0.2) is 4.98 Å². The van der Waals surface area contributed by atoms with Crippen molar-refractivity contribution in [2.75, 3.05) is 0 Å². The van der Waals surface area contributed by atoms with E-state index < -0.39 is 0 Å². The SMILES string of the molecule is c1ccc(-c2cc(-c3ccc(-c4c5ccccc5cc5ccccc45)cc3)cc(-c3ccccn3)n2)nc1. The Bertz CT molecular complexity index is 1780. The lowest BCUT2D eigenvalue weighted by Crippen LogP contribution is -1.94. The number of benzene rings is 4. The molecule has 3 heteroatoms. The summed E-state index contributed by atoms with van der Waals surface area (Å²) < 4.78 is 0. The van der Waals surface area contributed by atoms with Crippen molar-refractivity contribution in [3.05, 3.63) is 140 Å². The molecule has 0 N–H and O–H groups in total. The van der Waals surface area contributed by atoms with Gasteiger partial charge in [0.2, 0.25) is 0 Å². The average Bonchev–Trinajstić information content (AvgIpc) is 3.00. The molecule has 38 heavy (non-hydrogen) atoms. The van der Waals surface area contributed by atoms with Gasteiger partial charge in [0, 0.05) is 12.4 Å². The molecule has 0 aliphatic heterocycles. The first-order valence-electron chi connectivity index (χ1n) is 12.7. The molecule has 7 aromatic rings. The van der Waals surface area contributed by atoms with E-state index in [0.717, 1.165) is 33.9 Å². The second-order valence-electron chi connectivity index (χ2n) is 9.33. The molecule has 178 valence electrons. The van der Waals surface area contributed by atoms with Crippen molar-refractivity contribution < 1.29 is 0 Å². The molecule has 0 aliphatic rings. The maximum atomic E-state index is 4.91. The Morgan fingerprint density at radius 1 is 0.368 bits per heavy atom. The number of aromatic nitrogens is 3. The first-order chi connectivity index (χ1) is 18.8. The van der Waals surface area contributed by atoms with Gasteiger partial charge >= 0.3 is 0 Å². The number of nitrogens with zero attached hydrogens (tertiary/aromatic N) is 3. The van der Waals surface area contributed by atoms with Gasteiger partial charge in [0.1, 0.15) is 0 Å². The number of hydrogen-bond donors (Lipinski definition) is 0. The quantitative estimate of drug-likeness (QED) is 0.234. The molecule has 0 aliphatic carbocycles. The van der Waals surface area contributed by atoms with E-state index in [2.05, 4.69) is 101 Å². The van der Waals surface area contributed by atoms with Crippen molar-refractivity contribution in [3.63, 3.8) is 0 Å². The molecule has 0 fully saturated rings.